The van der Waals surface area contributed by atoms with E-state index in [0.29, 0.717) is 18.2 Å². The lowest BCUT2D eigenvalue weighted by atomic mass is 9.91. The van der Waals surface area contributed by atoms with Gasteiger partial charge in [-0.25, -0.2) is 0 Å². The molecule has 31 heavy (non-hydrogen) atoms. The average Bonchev–Trinajstić information content (AvgIpc) is 3.45. The number of carbonyl (C=O) groups excluding carboxylic acids is 2. The van der Waals surface area contributed by atoms with Crippen LogP contribution in [0.5, 0.6) is 0 Å². The summed E-state index contributed by atoms with van der Waals surface area (Å²) in [6.45, 7) is 9.46. The second-order valence-corrected chi connectivity index (χ2v) is 9.97. The lowest BCUT2D eigenvalue weighted by Crippen LogP contribution is -2.30. The molecule has 4 rings (SSSR count). The topological polar surface area (TPSA) is 91.0 Å². The summed E-state index contributed by atoms with van der Waals surface area (Å²) >= 11 is 1.41. The van der Waals surface area contributed by atoms with Gasteiger partial charge in [0.05, 0.1) is 5.92 Å². The molecule has 1 fully saturated rings. The Labute approximate surface area is 186 Å². The van der Waals surface area contributed by atoms with Crippen molar-refractivity contribution in [3.8, 4) is 0 Å². The molecule has 1 saturated heterocycles. The van der Waals surface area contributed by atoms with Crippen molar-refractivity contribution in [2.24, 2.45) is 5.92 Å². The summed E-state index contributed by atoms with van der Waals surface area (Å²) in [6, 6.07) is 6.33. The number of benzene rings is 1. The van der Waals surface area contributed by atoms with Crippen LogP contribution in [0, 0.1) is 12.8 Å². The number of aryl methyl sites for hydroxylation is 1. The maximum Gasteiger partial charge on any atom is 0.231 e. The maximum atomic E-state index is 12.7. The van der Waals surface area contributed by atoms with E-state index in [-0.39, 0.29) is 29.6 Å². The first-order chi connectivity index (χ1) is 14.8. The van der Waals surface area contributed by atoms with Crippen molar-refractivity contribution in [1.29, 1.82) is 0 Å². The zero-order valence-corrected chi connectivity index (χ0v) is 19.3. The van der Waals surface area contributed by atoms with Crippen molar-refractivity contribution >= 4 is 39.2 Å². The van der Waals surface area contributed by atoms with Gasteiger partial charge in [-0.2, -0.15) is 0 Å². The molecule has 2 aromatic heterocycles. The molecule has 1 aromatic carbocycles. The highest BCUT2D eigenvalue weighted by atomic mass is 32.1. The Morgan fingerprint density at radius 3 is 2.94 bits per heavy atom. The number of nitrogens with one attached hydrogen (secondary N) is 2. The van der Waals surface area contributed by atoms with Gasteiger partial charge in [0.2, 0.25) is 16.9 Å². The highest BCUT2D eigenvalue weighted by Crippen LogP contribution is 2.31. The quantitative estimate of drug-likeness (QED) is 0.581. The molecule has 1 aliphatic rings. The van der Waals surface area contributed by atoms with Crippen LogP contribution in [0.1, 0.15) is 49.7 Å². The first kappa shape index (κ1) is 21.5. The number of nitrogens with zero attached hydrogens (tertiary/aromatic N) is 3. The summed E-state index contributed by atoms with van der Waals surface area (Å²) in [7, 11) is 0. The number of aromatic amines is 1. The fraction of sp³-hybridized carbons (Fsp3) is 0.478. The molecule has 2 amide bonds. The zero-order valence-electron chi connectivity index (χ0n) is 18.5. The normalized spacial score (nSPS) is 17.0. The number of amides is 2. The van der Waals surface area contributed by atoms with Crippen LogP contribution in [-0.4, -0.2) is 45.0 Å². The van der Waals surface area contributed by atoms with Gasteiger partial charge >= 0.3 is 0 Å². The fourth-order valence-electron chi connectivity index (χ4n) is 3.82. The number of H-pyrrole nitrogens is 1. The minimum absolute atomic E-state index is 0.0289. The third-order valence-corrected chi connectivity index (χ3v) is 7.48. The zero-order chi connectivity index (χ0) is 22.2. The summed E-state index contributed by atoms with van der Waals surface area (Å²) in [5.41, 5.74) is 3.44. The SMILES string of the molecule is CCC(C)(C)c1nnc(NC(=O)C2CC(=O)N(CCc3c[nH]c4ccc(C)cc34)C2)s1. The van der Waals surface area contributed by atoms with Crippen LogP contribution in [0.2, 0.25) is 0 Å². The molecule has 164 valence electrons. The van der Waals surface area contributed by atoms with E-state index in [2.05, 4.69) is 66.4 Å². The molecule has 0 radical (unpaired) electrons. The Balaban J connectivity index is 1.35. The number of anilines is 1. The predicted molar refractivity (Wildman–Crippen MR) is 123 cm³/mol. The number of rotatable bonds is 7. The van der Waals surface area contributed by atoms with Gasteiger partial charge in [-0.15, -0.1) is 10.2 Å². The van der Waals surface area contributed by atoms with Crippen LogP contribution < -0.4 is 5.32 Å². The fourth-order valence-corrected chi connectivity index (χ4v) is 4.74. The molecule has 7 nitrogen and oxygen atoms in total. The third kappa shape index (κ3) is 4.49. The van der Waals surface area contributed by atoms with E-state index in [4.69, 9.17) is 0 Å². The van der Waals surface area contributed by atoms with Crippen LogP contribution >= 0.6 is 11.3 Å². The van der Waals surface area contributed by atoms with Crippen LogP contribution in [-0.2, 0) is 21.4 Å². The van der Waals surface area contributed by atoms with E-state index in [0.717, 1.165) is 23.4 Å². The summed E-state index contributed by atoms with van der Waals surface area (Å²) < 4.78 is 0. The van der Waals surface area contributed by atoms with Crippen molar-refractivity contribution in [3.05, 3.63) is 40.5 Å². The van der Waals surface area contributed by atoms with Crippen molar-refractivity contribution in [2.75, 3.05) is 18.4 Å². The Morgan fingerprint density at radius 1 is 1.35 bits per heavy atom. The average molecular weight is 440 g/mol. The number of hydrogen-bond donors (Lipinski definition) is 2. The second kappa shape index (κ2) is 8.42. The van der Waals surface area contributed by atoms with Crippen LogP contribution in [0.3, 0.4) is 0 Å². The van der Waals surface area contributed by atoms with E-state index in [9.17, 15) is 9.59 Å². The highest BCUT2D eigenvalue weighted by Gasteiger charge is 2.34. The van der Waals surface area contributed by atoms with Crippen LogP contribution in [0.15, 0.2) is 24.4 Å². The van der Waals surface area contributed by atoms with Gasteiger partial charge in [0, 0.05) is 42.0 Å². The molecule has 0 bridgehead atoms. The van der Waals surface area contributed by atoms with Crippen LogP contribution in [0.25, 0.3) is 10.9 Å². The summed E-state index contributed by atoms with van der Waals surface area (Å²) in [5, 5.41) is 13.8. The van der Waals surface area contributed by atoms with E-state index in [1.165, 1.54) is 27.8 Å². The molecule has 0 aliphatic carbocycles. The number of aromatic nitrogens is 3. The van der Waals surface area contributed by atoms with Gasteiger partial charge in [0.25, 0.3) is 0 Å². The Kier molecular flexibility index (Phi) is 5.83. The van der Waals surface area contributed by atoms with E-state index < -0.39 is 0 Å². The van der Waals surface area contributed by atoms with Gasteiger partial charge in [-0.1, -0.05) is 43.7 Å². The van der Waals surface area contributed by atoms with Crippen molar-refractivity contribution in [1.82, 2.24) is 20.1 Å². The molecule has 1 unspecified atom stereocenters. The molecule has 2 N–H and O–H groups in total. The van der Waals surface area contributed by atoms with Gasteiger partial charge in [0.1, 0.15) is 5.01 Å². The molecule has 3 aromatic rings. The van der Waals surface area contributed by atoms with Crippen molar-refractivity contribution in [3.63, 3.8) is 0 Å². The van der Waals surface area contributed by atoms with Gasteiger partial charge in [-0.3, -0.25) is 9.59 Å². The molecule has 0 saturated carbocycles. The minimum Gasteiger partial charge on any atom is -0.361 e. The molecule has 8 heteroatoms. The van der Waals surface area contributed by atoms with E-state index in [1.54, 1.807) is 4.90 Å². The van der Waals surface area contributed by atoms with Gasteiger partial charge < -0.3 is 15.2 Å². The molecular formula is C23H29N5O2S. The monoisotopic (exact) mass is 439 g/mol. The molecular weight excluding hydrogens is 410 g/mol. The number of carbonyl (C=O) groups is 2. The summed E-state index contributed by atoms with van der Waals surface area (Å²) in [4.78, 5) is 30.3. The van der Waals surface area contributed by atoms with E-state index in [1.807, 2.05) is 6.20 Å². The first-order valence-electron chi connectivity index (χ1n) is 10.8. The third-order valence-electron chi connectivity index (χ3n) is 6.28. The number of fused-ring (bicyclic) bond motifs is 1. The largest absolute Gasteiger partial charge is 0.361 e. The predicted octanol–water partition coefficient (Wildman–Crippen LogP) is 4.05. The highest BCUT2D eigenvalue weighted by molar-refractivity contribution is 7.15. The van der Waals surface area contributed by atoms with Gasteiger partial charge in [0.15, 0.2) is 0 Å². The number of likely N-dealkylation sites (tertiary alicyclic amines) is 1. The Hall–Kier alpha value is -2.74. The smallest absolute Gasteiger partial charge is 0.231 e. The molecule has 3 heterocycles. The maximum absolute atomic E-state index is 12.7. The lowest BCUT2D eigenvalue weighted by Gasteiger charge is -2.17. The lowest BCUT2D eigenvalue weighted by molar-refractivity contribution is -0.128. The second-order valence-electron chi connectivity index (χ2n) is 8.99. The van der Waals surface area contributed by atoms with E-state index >= 15 is 0 Å². The molecule has 0 spiro atoms. The van der Waals surface area contributed by atoms with Crippen molar-refractivity contribution in [2.45, 2.75) is 52.4 Å². The Morgan fingerprint density at radius 2 is 2.16 bits per heavy atom. The van der Waals surface area contributed by atoms with Gasteiger partial charge in [-0.05, 0) is 37.5 Å². The Bertz CT molecular complexity index is 1120. The van der Waals surface area contributed by atoms with Crippen LogP contribution in [0.4, 0.5) is 5.13 Å². The summed E-state index contributed by atoms with van der Waals surface area (Å²) in [6.07, 6.45) is 3.96. The number of hydrogen-bond acceptors (Lipinski definition) is 5. The molecule has 1 atom stereocenters. The summed E-state index contributed by atoms with van der Waals surface area (Å²) in [5.74, 6) is -0.485. The molecule has 1 aliphatic heterocycles. The van der Waals surface area contributed by atoms with Crippen molar-refractivity contribution < 1.29 is 9.59 Å². The first-order valence-corrected chi connectivity index (χ1v) is 11.6. The minimum atomic E-state index is -0.357. The standard InChI is InChI=1S/C23H29N5O2S/c1-5-23(3,4)21-26-27-22(31-21)25-20(30)16-11-19(29)28(13-16)9-8-15-12-24-18-7-6-14(2)10-17(15)18/h6-7,10,12,16,24H,5,8-9,11,13H2,1-4H3,(H,25,27,30).